The fourth-order valence-electron chi connectivity index (χ4n) is 2.55. The molecule has 4 heteroatoms. The number of fused-ring (bicyclic) bond motifs is 2. The van der Waals surface area contributed by atoms with Crippen molar-refractivity contribution in [1.82, 2.24) is 5.32 Å². The lowest BCUT2D eigenvalue weighted by atomic mass is 9.87. The van der Waals surface area contributed by atoms with Crippen molar-refractivity contribution in [2.24, 2.45) is 16.6 Å². The van der Waals surface area contributed by atoms with Gasteiger partial charge in [0.05, 0.1) is 12.0 Å². The predicted octanol–water partition coefficient (Wildman–Crippen LogP) is 0.466. The number of hydrogen-bond acceptors (Lipinski definition) is 3. The van der Waals surface area contributed by atoms with Gasteiger partial charge in [0.1, 0.15) is 0 Å². The molecule has 78 valence electrons. The molecule has 3 rings (SSSR count). The highest BCUT2D eigenvalue weighted by molar-refractivity contribution is 6.00. The highest BCUT2D eigenvalue weighted by Crippen LogP contribution is 2.37. The van der Waals surface area contributed by atoms with Gasteiger partial charge in [-0.15, -0.1) is 0 Å². The van der Waals surface area contributed by atoms with Crippen LogP contribution < -0.4 is 11.1 Å². The smallest absolute Gasteiger partial charge is 0.236 e. The topological polar surface area (TPSA) is 67.5 Å². The Labute approximate surface area is 87.9 Å². The summed E-state index contributed by atoms with van der Waals surface area (Å²) in [6.45, 7) is 0. The van der Waals surface area contributed by atoms with Gasteiger partial charge >= 0.3 is 0 Å². The van der Waals surface area contributed by atoms with Crippen LogP contribution in [0.25, 0.3) is 0 Å². The first-order chi connectivity index (χ1) is 7.24. The lowest BCUT2D eigenvalue weighted by Crippen LogP contribution is -2.48. The third-order valence-corrected chi connectivity index (χ3v) is 3.27. The maximum Gasteiger partial charge on any atom is 0.236 e. The Hall–Kier alpha value is -1.58. The van der Waals surface area contributed by atoms with Gasteiger partial charge in [0, 0.05) is 0 Å². The number of carbonyl (C=O) groups is 1. The van der Waals surface area contributed by atoms with Crippen molar-refractivity contribution < 1.29 is 4.79 Å². The summed E-state index contributed by atoms with van der Waals surface area (Å²) in [5.74, 6) is 0.0734. The van der Waals surface area contributed by atoms with Gasteiger partial charge in [0.15, 0.2) is 5.96 Å². The average Bonchev–Trinajstić information content (AvgIpc) is 2.61. The number of guanidine groups is 1. The fourth-order valence-corrected chi connectivity index (χ4v) is 2.55. The zero-order valence-corrected chi connectivity index (χ0v) is 8.36. The third kappa shape index (κ3) is 1.28. The molecule has 15 heavy (non-hydrogen) atoms. The number of nitrogens with two attached hydrogens (primary N) is 1. The van der Waals surface area contributed by atoms with Gasteiger partial charge < -0.3 is 5.73 Å². The molecule has 0 unspecified atom stereocenters. The zero-order valence-electron chi connectivity index (χ0n) is 8.36. The molecular formula is C11H13N3O. The molecule has 1 fully saturated rings. The normalized spacial score (nSPS) is 33.3. The minimum absolute atomic E-state index is 0.0257. The maximum absolute atomic E-state index is 11.7. The second-order valence-corrected chi connectivity index (χ2v) is 4.26. The molecule has 3 N–H and O–H groups in total. The van der Waals surface area contributed by atoms with Gasteiger partial charge in [-0.3, -0.25) is 10.1 Å². The molecule has 3 aliphatic rings. The molecule has 4 nitrogen and oxygen atoms in total. The summed E-state index contributed by atoms with van der Waals surface area (Å²) >= 11 is 0. The summed E-state index contributed by atoms with van der Waals surface area (Å²) in [7, 11) is 0. The lowest BCUT2D eigenvalue weighted by molar-refractivity contribution is -0.122. The largest absolute Gasteiger partial charge is 0.370 e. The van der Waals surface area contributed by atoms with E-state index in [-0.39, 0.29) is 23.8 Å². The first kappa shape index (κ1) is 8.71. The van der Waals surface area contributed by atoms with Gasteiger partial charge in [-0.2, -0.15) is 0 Å². The van der Waals surface area contributed by atoms with Gasteiger partial charge in [0.25, 0.3) is 0 Å². The molecule has 0 aromatic carbocycles. The number of aliphatic imine (C=N–C) groups is 1. The molecule has 1 aliphatic heterocycles. The van der Waals surface area contributed by atoms with Crippen molar-refractivity contribution in [3.05, 3.63) is 23.3 Å². The van der Waals surface area contributed by atoms with Crippen LogP contribution in [0.2, 0.25) is 0 Å². The highest BCUT2D eigenvalue weighted by Gasteiger charge is 2.34. The van der Waals surface area contributed by atoms with Crippen LogP contribution >= 0.6 is 0 Å². The number of allylic oxidation sites excluding steroid dienone is 2. The second kappa shape index (κ2) is 2.95. The van der Waals surface area contributed by atoms with E-state index in [4.69, 9.17) is 5.73 Å². The molecule has 0 bridgehead atoms. The van der Waals surface area contributed by atoms with E-state index in [0.29, 0.717) is 0 Å². The number of carbonyl (C=O) groups excluding carboxylic acids is 1. The van der Waals surface area contributed by atoms with Crippen molar-refractivity contribution in [2.45, 2.75) is 25.3 Å². The molecule has 2 aliphatic carbocycles. The van der Waals surface area contributed by atoms with Crippen LogP contribution in [0, 0.1) is 5.92 Å². The predicted molar refractivity (Wildman–Crippen MR) is 57.1 cm³/mol. The molecule has 2 atom stereocenters. The standard InChI is InChI=1S/C11H13N3O/c12-11-13-9-5-7-3-1-2-6(7)4-8(9)10(15)14-11/h4-5,8-9H,1-3H2,(H3,12,13,14,15)/t8-,9+/m1/s1. The molecule has 0 spiro atoms. The number of rotatable bonds is 0. The Morgan fingerprint density at radius 1 is 1.33 bits per heavy atom. The number of nitrogens with zero attached hydrogens (tertiary/aromatic N) is 1. The van der Waals surface area contributed by atoms with Gasteiger partial charge in [-0.05, 0) is 30.4 Å². The van der Waals surface area contributed by atoms with Crippen LogP contribution in [-0.2, 0) is 4.79 Å². The van der Waals surface area contributed by atoms with Crippen LogP contribution in [0.4, 0.5) is 0 Å². The number of hydrogen-bond donors (Lipinski definition) is 2. The molecule has 0 aromatic rings. The molecule has 0 saturated heterocycles. The second-order valence-electron chi connectivity index (χ2n) is 4.26. The van der Waals surface area contributed by atoms with Crippen molar-refractivity contribution in [1.29, 1.82) is 0 Å². The molecule has 1 heterocycles. The number of nitrogens with one attached hydrogen (secondary N) is 1. The van der Waals surface area contributed by atoms with E-state index in [1.807, 2.05) is 0 Å². The summed E-state index contributed by atoms with van der Waals surface area (Å²) in [6.07, 6.45) is 7.59. The molecular weight excluding hydrogens is 190 g/mol. The van der Waals surface area contributed by atoms with Crippen LogP contribution in [0.5, 0.6) is 0 Å². The molecule has 0 radical (unpaired) electrons. The van der Waals surface area contributed by atoms with E-state index in [2.05, 4.69) is 22.5 Å². The zero-order chi connectivity index (χ0) is 10.4. The fraction of sp³-hybridized carbons (Fsp3) is 0.455. The van der Waals surface area contributed by atoms with Crippen LogP contribution in [0.1, 0.15) is 19.3 Å². The Morgan fingerprint density at radius 3 is 2.87 bits per heavy atom. The Kier molecular flexibility index (Phi) is 1.71. The minimum atomic E-state index is -0.144. The summed E-state index contributed by atoms with van der Waals surface area (Å²) in [4.78, 5) is 15.9. The quantitative estimate of drug-likeness (QED) is 0.600. The van der Waals surface area contributed by atoms with Crippen molar-refractivity contribution in [2.75, 3.05) is 0 Å². The summed E-state index contributed by atoms with van der Waals surface area (Å²) < 4.78 is 0. The maximum atomic E-state index is 11.7. The SMILES string of the molecule is NC1=N[C@H]2C=C3CCCC3=C[C@H]2C(=O)N1. The Bertz CT molecular complexity index is 420. The molecule has 0 aromatic heterocycles. The molecule has 1 amide bonds. The monoisotopic (exact) mass is 203 g/mol. The Morgan fingerprint density at radius 2 is 2.07 bits per heavy atom. The van der Waals surface area contributed by atoms with Gasteiger partial charge in [-0.1, -0.05) is 12.2 Å². The van der Waals surface area contributed by atoms with Crippen LogP contribution in [0.15, 0.2) is 28.3 Å². The summed E-state index contributed by atoms with van der Waals surface area (Å²) in [6, 6.07) is -0.0735. The van der Waals surface area contributed by atoms with Crippen LogP contribution in [0.3, 0.4) is 0 Å². The average molecular weight is 203 g/mol. The summed E-state index contributed by atoms with van der Waals surface area (Å²) in [5.41, 5.74) is 8.24. The number of amides is 1. The van der Waals surface area contributed by atoms with E-state index in [9.17, 15) is 4.79 Å². The minimum Gasteiger partial charge on any atom is -0.370 e. The van der Waals surface area contributed by atoms with E-state index < -0.39 is 0 Å². The van der Waals surface area contributed by atoms with E-state index in [1.165, 1.54) is 17.6 Å². The van der Waals surface area contributed by atoms with Crippen molar-refractivity contribution in [3.8, 4) is 0 Å². The van der Waals surface area contributed by atoms with Gasteiger partial charge in [-0.25, -0.2) is 4.99 Å². The van der Waals surface area contributed by atoms with Crippen molar-refractivity contribution in [3.63, 3.8) is 0 Å². The van der Waals surface area contributed by atoms with E-state index in [0.717, 1.165) is 12.8 Å². The third-order valence-electron chi connectivity index (χ3n) is 3.27. The highest BCUT2D eigenvalue weighted by atomic mass is 16.2. The molecule has 1 saturated carbocycles. The van der Waals surface area contributed by atoms with Crippen molar-refractivity contribution >= 4 is 11.9 Å². The Balaban J connectivity index is 2.02. The van der Waals surface area contributed by atoms with E-state index in [1.54, 1.807) is 0 Å². The first-order valence-corrected chi connectivity index (χ1v) is 5.30. The lowest BCUT2D eigenvalue weighted by Gasteiger charge is -2.27. The van der Waals surface area contributed by atoms with E-state index >= 15 is 0 Å². The van der Waals surface area contributed by atoms with Crippen LogP contribution in [-0.4, -0.2) is 17.9 Å². The van der Waals surface area contributed by atoms with Gasteiger partial charge in [0.2, 0.25) is 5.91 Å². The first-order valence-electron chi connectivity index (χ1n) is 5.30. The summed E-state index contributed by atoms with van der Waals surface area (Å²) in [5, 5.41) is 2.57.